The van der Waals surface area contributed by atoms with Gasteiger partial charge >= 0.3 is 5.97 Å². The highest BCUT2D eigenvalue weighted by Crippen LogP contribution is 2.25. The molecular formula is C20H16O3. The zero-order valence-electron chi connectivity index (χ0n) is 12.4. The molecule has 23 heavy (non-hydrogen) atoms. The molecule has 3 aromatic rings. The summed E-state index contributed by atoms with van der Waals surface area (Å²) in [7, 11) is 0. The monoisotopic (exact) mass is 304 g/mol. The first-order valence-corrected chi connectivity index (χ1v) is 7.31. The molecule has 0 fully saturated rings. The SMILES string of the molecule is O=C(O)c1ccc(-c2ccc(-c3cccc(CO)c3)cc2)cc1. The number of rotatable bonds is 4. The van der Waals surface area contributed by atoms with Crippen molar-refractivity contribution < 1.29 is 15.0 Å². The van der Waals surface area contributed by atoms with Gasteiger partial charge in [-0.05, 0) is 46.0 Å². The maximum Gasteiger partial charge on any atom is 0.335 e. The molecule has 0 amide bonds. The zero-order valence-corrected chi connectivity index (χ0v) is 12.4. The van der Waals surface area contributed by atoms with Gasteiger partial charge in [-0.2, -0.15) is 0 Å². The van der Waals surface area contributed by atoms with Crippen molar-refractivity contribution in [3.8, 4) is 22.3 Å². The molecule has 0 heterocycles. The van der Waals surface area contributed by atoms with E-state index in [2.05, 4.69) is 0 Å². The number of carbonyl (C=O) groups is 1. The molecule has 0 unspecified atom stereocenters. The van der Waals surface area contributed by atoms with Gasteiger partial charge < -0.3 is 10.2 Å². The molecule has 3 rings (SSSR count). The van der Waals surface area contributed by atoms with Crippen LogP contribution in [0.2, 0.25) is 0 Å². The van der Waals surface area contributed by atoms with Gasteiger partial charge in [0, 0.05) is 0 Å². The third kappa shape index (κ3) is 3.30. The first kappa shape index (κ1) is 15.0. The normalized spacial score (nSPS) is 10.5. The average Bonchev–Trinajstić information content (AvgIpc) is 2.62. The van der Waals surface area contributed by atoms with E-state index >= 15 is 0 Å². The molecule has 0 saturated carbocycles. The van der Waals surface area contributed by atoms with Gasteiger partial charge in [0.1, 0.15) is 0 Å². The molecule has 0 saturated heterocycles. The Labute approximate surface area is 134 Å². The van der Waals surface area contributed by atoms with Crippen molar-refractivity contribution in [2.45, 2.75) is 6.61 Å². The molecule has 3 nitrogen and oxygen atoms in total. The first-order valence-electron chi connectivity index (χ1n) is 7.31. The maximum absolute atomic E-state index is 10.9. The number of aliphatic hydroxyl groups excluding tert-OH is 1. The minimum absolute atomic E-state index is 0.0296. The smallest absolute Gasteiger partial charge is 0.335 e. The van der Waals surface area contributed by atoms with Gasteiger partial charge in [0.05, 0.1) is 12.2 Å². The van der Waals surface area contributed by atoms with Crippen molar-refractivity contribution in [1.29, 1.82) is 0 Å². The van der Waals surface area contributed by atoms with Crippen LogP contribution in [-0.2, 0) is 6.61 Å². The first-order chi connectivity index (χ1) is 11.2. The topological polar surface area (TPSA) is 57.5 Å². The molecule has 0 aromatic heterocycles. The van der Waals surface area contributed by atoms with Crippen LogP contribution in [0.4, 0.5) is 0 Å². The Bertz CT molecular complexity index is 818. The lowest BCUT2D eigenvalue weighted by atomic mass is 9.99. The molecule has 2 N–H and O–H groups in total. The lowest BCUT2D eigenvalue weighted by molar-refractivity contribution is 0.0697. The number of aromatic carboxylic acids is 1. The second-order valence-electron chi connectivity index (χ2n) is 5.32. The van der Waals surface area contributed by atoms with Gasteiger partial charge in [-0.25, -0.2) is 4.79 Å². The lowest BCUT2D eigenvalue weighted by Gasteiger charge is -2.07. The number of carboxylic acids is 1. The summed E-state index contributed by atoms with van der Waals surface area (Å²) >= 11 is 0. The Morgan fingerprint density at radius 2 is 1.26 bits per heavy atom. The van der Waals surface area contributed by atoms with Gasteiger partial charge in [0.2, 0.25) is 0 Å². The molecule has 0 radical (unpaired) electrons. The van der Waals surface area contributed by atoms with Crippen LogP contribution in [0, 0.1) is 0 Å². The Hall–Kier alpha value is -2.91. The third-order valence-electron chi connectivity index (χ3n) is 3.79. The summed E-state index contributed by atoms with van der Waals surface area (Å²) < 4.78 is 0. The van der Waals surface area contributed by atoms with E-state index < -0.39 is 5.97 Å². The van der Waals surface area contributed by atoms with Crippen molar-refractivity contribution in [2.24, 2.45) is 0 Å². The number of hydrogen-bond donors (Lipinski definition) is 2. The van der Waals surface area contributed by atoms with E-state index in [9.17, 15) is 9.90 Å². The van der Waals surface area contributed by atoms with E-state index in [0.717, 1.165) is 27.8 Å². The summed E-state index contributed by atoms with van der Waals surface area (Å²) in [6.45, 7) is 0.0296. The summed E-state index contributed by atoms with van der Waals surface area (Å²) in [5.41, 5.74) is 5.31. The molecule has 3 heteroatoms. The van der Waals surface area contributed by atoms with Gasteiger partial charge in [0.15, 0.2) is 0 Å². The fourth-order valence-electron chi connectivity index (χ4n) is 2.51. The van der Waals surface area contributed by atoms with E-state index in [0.29, 0.717) is 0 Å². The summed E-state index contributed by atoms with van der Waals surface area (Å²) in [6, 6.07) is 22.7. The van der Waals surface area contributed by atoms with Crippen LogP contribution in [0.25, 0.3) is 22.3 Å². The molecule has 0 aliphatic rings. The van der Waals surface area contributed by atoms with Crippen LogP contribution in [0.5, 0.6) is 0 Å². The van der Waals surface area contributed by atoms with Crippen LogP contribution in [0.1, 0.15) is 15.9 Å². The van der Waals surface area contributed by atoms with E-state index in [1.54, 1.807) is 12.1 Å². The summed E-state index contributed by atoms with van der Waals surface area (Å²) in [5.74, 6) is -0.921. The standard InChI is InChI=1S/C20H16O3/c21-13-14-2-1-3-19(12-14)17-6-4-15(5-7-17)16-8-10-18(11-9-16)20(22)23/h1-12,21H,13H2,(H,22,23). The van der Waals surface area contributed by atoms with Gasteiger partial charge in [-0.3, -0.25) is 0 Å². The van der Waals surface area contributed by atoms with E-state index in [-0.39, 0.29) is 12.2 Å². The van der Waals surface area contributed by atoms with Gasteiger partial charge in [-0.15, -0.1) is 0 Å². The van der Waals surface area contributed by atoms with Crippen LogP contribution >= 0.6 is 0 Å². The maximum atomic E-state index is 10.9. The highest BCUT2D eigenvalue weighted by Gasteiger charge is 2.04. The largest absolute Gasteiger partial charge is 0.478 e. The van der Waals surface area contributed by atoms with Gasteiger partial charge in [0.25, 0.3) is 0 Å². The highest BCUT2D eigenvalue weighted by molar-refractivity contribution is 5.88. The molecule has 114 valence electrons. The zero-order chi connectivity index (χ0) is 16.2. The second kappa shape index (κ2) is 6.46. The van der Waals surface area contributed by atoms with Crippen molar-refractivity contribution in [1.82, 2.24) is 0 Å². The molecular weight excluding hydrogens is 288 g/mol. The summed E-state index contributed by atoms with van der Waals surface area (Å²) in [5, 5.41) is 18.2. The summed E-state index contributed by atoms with van der Waals surface area (Å²) in [6.07, 6.45) is 0. The predicted molar refractivity (Wildman–Crippen MR) is 90.2 cm³/mol. The fraction of sp³-hybridized carbons (Fsp3) is 0.0500. The highest BCUT2D eigenvalue weighted by atomic mass is 16.4. The molecule has 0 aliphatic heterocycles. The molecule has 0 aliphatic carbocycles. The molecule has 0 atom stereocenters. The van der Waals surface area contributed by atoms with E-state index in [4.69, 9.17) is 5.11 Å². The van der Waals surface area contributed by atoms with Crippen LogP contribution in [0.15, 0.2) is 72.8 Å². The van der Waals surface area contributed by atoms with Crippen molar-refractivity contribution in [3.05, 3.63) is 83.9 Å². The Morgan fingerprint density at radius 3 is 1.78 bits per heavy atom. The number of benzene rings is 3. The molecule has 3 aromatic carbocycles. The van der Waals surface area contributed by atoms with E-state index in [1.807, 2.05) is 60.7 Å². The molecule has 0 bridgehead atoms. The second-order valence-corrected chi connectivity index (χ2v) is 5.32. The van der Waals surface area contributed by atoms with Crippen LogP contribution < -0.4 is 0 Å². The number of aliphatic hydroxyl groups is 1. The third-order valence-corrected chi connectivity index (χ3v) is 3.79. The summed E-state index contributed by atoms with van der Waals surface area (Å²) in [4.78, 5) is 10.9. The van der Waals surface area contributed by atoms with Crippen molar-refractivity contribution >= 4 is 5.97 Å². The lowest BCUT2D eigenvalue weighted by Crippen LogP contribution is -1.94. The van der Waals surface area contributed by atoms with Crippen LogP contribution in [-0.4, -0.2) is 16.2 Å². The van der Waals surface area contributed by atoms with Crippen molar-refractivity contribution in [2.75, 3.05) is 0 Å². The van der Waals surface area contributed by atoms with E-state index in [1.165, 1.54) is 0 Å². The fourth-order valence-corrected chi connectivity index (χ4v) is 2.51. The quantitative estimate of drug-likeness (QED) is 0.759. The molecule has 0 spiro atoms. The Kier molecular flexibility index (Phi) is 4.22. The number of hydrogen-bond acceptors (Lipinski definition) is 2. The predicted octanol–water partition coefficient (Wildman–Crippen LogP) is 4.21. The van der Waals surface area contributed by atoms with Crippen molar-refractivity contribution in [3.63, 3.8) is 0 Å². The number of carboxylic acid groups (broad SMARTS) is 1. The minimum atomic E-state index is -0.921. The van der Waals surface area contributed by atoms with Crippen LogP contribution in [0.3, 0.4) is 0 Å². The Balaban J connectivity index is 1.88. The average molecular weight is 304 g/mol. The Morgan fingerprint density at radius 1 is 0.739 bits per heavy atom. The van der Waals surface area contributed by atoms with Gasteiger partial charge in [-0.1, -0.05) is 54.6 Å². The minimum Gasteiger partial charge on any atom is -0.478 e.